The fourth-order valence-electron chi connectivity index (χ4n) is 1.80. The second-order valence-corrected chi connectivity index (χ2v) is 4.14. The van der Waals surface area contributed by atoms with E-state index >= 15 is 0 Å². The number of amides is 2. The molecule has 0 fully saturated rings. The topological polar surface area (TPSA) is 94.9 Å². The van der Waals surface area contributed by atoms with Crippen LogP contribution in [-0.4, -0.2) is 28.2 Å². The Labute approximate surface area is 119 Å². The van der Waals surface area contributed by atoms with Crippen molar-refractivity contribution in [3.05, 3.63) is 65.7 Å². The van der Waals surface area contributed by atoms with E-state index < -0.39 is 18.0 Å². The standard InChI is InChI=1S/C15H11NO5/c17-13(10-5-2-1-3-6-10)16(15(20)21)12-8-4-7-11(9-12)14(18)19/h1-9H,(H,18,19)(H,20,21). The molecule has 0 radical (unpaired) electrons. The van der Waals surface area contributed by atoms with E-state index in [2.05, 4.69) is 0 Å². The largest absolute Gasteiger partial charge is 0.478 e. The minimum absolute atomic E-state index is 0.0174. The van der Waals surface area contributed by atoms with E-state index in [1.54, 1.807) is 18.2 Å². The van der Waals surface area contributed by atoms with Crippen LogP contribution < -0.4 is 4.90 Å². The van der Waals surface area contributed by atoms with E-state index in [1.165, 1.54) is 30.3 Å². The first-order valence-corrected chi connectivity index (χ1v) is 5.96. The van der Waals surface area contributed by atoms with Crippen molar-refractivity contribution in [2.24, 2.45) is 0 Å². The van der Waals surface area contributed by atoms with Crippen LogP contribution in [0.15, 0.2) is 54.6 Å². The molecule has 6 heteroatoms. The summed E-state index contributed by atoms with van der Waals surface area (Å²) < 4.78 is 0. The molecule has 2 aromatic rings. The van der Waals surface area contributed by atoms with Crippen LogP contribution in [0.4, 0.5) is 10.5 Å². The van der Waals surface area contributed by atoms with Crippen molar-refractivity contribution < 1.29 is 24.6 Å². The minimum Gasteiger partial charge on any atom is -0.478 e. The molecule has 21 heavy (non-hydrogen) atoms. The summed E-state index contributed by atoms with van der Waals surface area (Å²) in [7, 11) is 0. The number of hydrogen-bond donors (Lipinski definition) is 2. The maximum atomic E-state index is 12.3. The Hall–Kier alpha value is -3.15. The molecule has 0 atom stereocenters. The van der Waals surface area contributed by atoms with Crippen molar-refractivity contribution in [2.75, 3.05) is 4.90 Å². The summed E-state index contributed by atoms with van der Waals surface area (Å²) in [5.74, 6) is -1.94. The molecule has 0 unspecified atom stereocenters. The zero-order valence-corrected chi connectivity index (χ0v) is 10.8. The van der Waals surface area contributed by atoms with Gasteiger partial charge in [0, 0.05) is 5.56 Å². The lowest BCUT2D eigenvalue weighted by atomic mass is 10.1. The fourth-order valence-corrected chi connectivity index (χ4v) is 1.80. The molecule has 0 aliphatic rings. The molecule has 0 heterocycles. The highest BCUT2D eigenvalue weighted by Crippen LogP contribution is 2.19. The van der Waals surface area contributed by atoms with E-state index in [9.17, 15) is 19.5 Å². The number of aromatic carboxylic acids is 1. The van der Waals surface area contributed by atoms with Crippen LogP contribution in [0, 0.1) is 0 Å². The molecule has 2 rings (SSSR count). The summed E-state index contributed by atoms with van der Waals surface area (Å²) in [6.45, 7) is 0. The average Bonchev–Trinajstić information content (AvgIpc) is 2.48. The quantitative estimate of drug-likeness (QED) is 0.904. The van der Waals surface area contributed by atoms with Crippen LogP contribution in [0.5, 0.6) is 0 Å². The molecule has 0 aromatic heterocycles. The molecule has 6 nitrogen and oxygen atoms in total. The van der Waals surface area contributed by atoms with Gasteiger partial charge in [0.1, 0.15) is 0 Å². The van der Waals surface area contributed by atoms with Crippen LogP contribution in [-0.2, 0) is 0 Å². The first kappa shape index (κ1) is 14.3. The van der Waals surface area contributed by atoms with Crippen molar-refractivity contribution in [3.63, 3.8) is 0 Å². The van der Waals surface area contributed by atoms with Gasteiger partial charge in [0.2, 0.25) is 0 Å². The highest BCUT2D eigenvalue weighted by Gasteiger charge is 2.24. The van der Waals surface area contributed by atoms with Crippen molar-refractivity contribution in [1.82, 2.24) is 0 Å². The second kappa shape index (κ2) is 5.87. The first-order chi connectivity index (χ1) is 10.0. The normalized spacial score (nSPS) is 9.90. The number of carbonyl (C=O) groups is 3. The van der Waals surface area contributed by atoms with Crippen molar-refractivity contribution in [3.8, 4) is 0 Å². The van der Waals surface area contributed by atoms with E-state index in [4.69, 9.17) is 5.11 Å². The first-order valence-electron chi connectivity index (χ1n) is 5.96. The Kier molecular flexibility index (Phi) is 3.99. The Morgan fingerprint density at radius 2 is 1.43 bits per heavy atom. The zero-order chi connectivity index (χ0) is 15.4. The molecule has 2 N–H and O–H groups in total. The predicted molar refractivity (Wildman–Crippen MR) is 74.7 cm³/mol. The number of rotatable bonds is 3. The molecule has 0 spiro atoms. The van der Waals surface area contributed by atoms with Crippen LogP contribution >= 0.6 is 0 Å². The van der Waals surface area contributed by atoms with Gasteiger partial charge in [-0.1, -0.05) is 24.3 Å². The summed E-state index contributed by atoms with van der Waals surface area (Å²) in [6.07, 6.45) is -1.48. The van der Waals surface area contributed by atoms with Gasteiger partial charge in [-0.2, -0.15) is 0 Å². The Bertz CT molecular complexity index is 696. The molecular formula is C15H11NO5. The summed E-state index contributed by atoms with van der Waals surface area (Å²) in [5, 5.41) is 18.2. The number of imide groups is 1. The Morgan fingerprint density at radius 1 is 0.810 bits per heavy atom. The molecule has 0 saturated heterocycles. The lowest BCUT2D eigenvalue weighted by Gasteiger charge is -2.17. The van der Waals surface area contributed by atoms with Crippen molar-refractivity contribution in [1.29, 1.82) is 0 Å². The number of carboxylic acid groups (broad SMARTS) is 2. The van der Waals surface area contributed by atoms with E-state index in [-0.39, 0.29) is 16.8 Å². The van der Waals surface area contributed by atoms with Gasteiger partial charge in [-0.3, -0.25) is 4.79 Å². The van der Waals surface area contributed by atoms with Crippen LogP contribution in [0.2, 0.25) is 0 Å². The Morgan fingerprint density at radius 3 is 2.00 bits per heavy atom. The number of anilines is 1. The van der Waals surface area contributed by atoms with E-state index in [1.807, 2.05) is 0 Å². The maximum absolute atomic E-state index is 12.3. The lowest BCUT2D eigenvalue weighted by molar-refractivity contribution is 0.0696. The van der Waals surface area contributed by atoms with E-state index in [0.29, 0.717) is 4.90 Å². The summed E-state index contributed by atoms with van der Waals surface area (Å²) in [6, 6.07) is 13.1. The molecule has 0 aliphatic carbocycles. The highest BCUT2D eigenvalue weighted by atomic mass is 16.4. The SMILES string of the molecule is O=C(O)c1cccc(N(C(=O)O)C(=O)c2ccccc2)c1. The number of nitrogens with zero attached hydrogens (tertiary/aromatic N) is 1. The summed E-state index contributed by atoms with van der Waals surface area (Å²) in [4.78, 5) is 35.1. The molecule has 2 aromatic carbocycles. The third kappa shape index (κ3) is 3.06. The van der Waals surface area contributed by atoms with Gasteiger partial charge in [0.05, 0.1) is 11.3 Å². The van der Waals surface area contributed by atoms with Gasteiger partial charge < -0.3 is 10.2 Å². The third-order valence-electron chi connectivity index (χ3n) is 2.77. The summed E-state index contributed by atoms with van der Waals surface area (Å²) >= 11 is 0. The molecule has 2 amide bonds. The molecule has 0 bridgehead atoms. The van der Waals surface area contributed by atoms with Crippen LogP contribution in [0.1, 0.15) is 20.7 Å². The maximum Gasteiger partial charge on any atom is 0.419 e. The number of carbonyl (C=O) groups excluding carboxylic acids is 1. The Balaban J connectivity index is 2.45. The second-order valence-electron chi connectivity index (χ2n) is 4.14. The molecule has 0 aliphatic heterocycles. The van der Waals surface area contributed by atoms with Crippen molar-refractivity contribution >= 4 is 23.7 Å². The van der Waals surface area contributed by atoms with Crippen LogP contribution in [0.3, 0.4) is 0 Å². The highest BCUT2D eigenvalue weighted by molar-refractivity contribution is 6.19. The van der Waals surface area contributed by atoms with Gasteiger partial charge in [-0.05, 0) is 30.3 Å². The van der Waals surface area contributed by atoms with Gasteiger partial charge in [0.15, 0.2) is 0 Å². The molecule has 0 saturated carbocycles. The monoisotopic (exact) mass is 285 g/mol. The predicted octanol–water partition coefficient (Wildman–Crippen LogP) is 2.71. The number of carboxylic acids is 1. The third-order valence-corrected chi connectivity index (χ3v) is 2.77. The number of benzene rings is 2. The smallest absolute Gasteiger partial charge is 0.419 e. The van der Waals surface area contributed by atoms with Crippen molar-refractivity contribution in [2.45, 2.75) is 0 Å². The fraction of sp³-hybridized carbons (Fsp3) is 0. The number of hydrogen-bond acceptors (Lipinski definition) is 3. The van der Waals surface area contributed by atoms with Gasteiger partial charge in [0.25, 0.3) is 5.91 Å². The minimum atomic E-state index is -1.48. The lowest BCUT2D eigenvalue weighted by Crippen LogP contribution is -2.35. The summed E-state index contributed by atoms with van der Waals surface area (Å²) in [5.41, 5.74) is 0.0801. The average molecular weight is 285 g/mol. The molecular weight excluding hydrogens is 274 g/mol. The molecule has 106 valence electrons. The zero-order valence-electron chi connectivity index (χ0n) is 10.8. The van der Waals surface area contributed by atoms with Crippen LogP contribution in [0.25, 0.3) is 0 Å². The van der Waals surface area contributed by atoms with Gasteiger partial charge in [-0.15, -0.1) is 0 Å². The van der Waals surface area contributed by atoms with E-state index in [0.717, 1.165) is 6.07 Å². The van der Waals surface area contributed by atoms with Gasteiger partial charge in [-0.25, -0.2) is 14.5 Å². The van der Waals surface area contributed by atoms with Gasteiger partial charge >= 0.3 is 12.1 Å².